The van der Waals surface area contributed by atoms with E-state index >= 15 is 0 Å². The monoisotopic (exact) mass is 218 g/mol. The van der Waals surface area contributed by atoms with Crippen LogP contribution in [-0.2, 0) is 11.2 Å². The van der Waals surface area contributed by atoms with Gasteiger partial charge in [0.25, 0.3) is 0 Å². The Hall–Kier alpha value is -1.35. The molecule has 1 heterocycles. The number of fused-ring (bicyclic) bond motifs is 1. The normalized spacial score (nSPS) is 18.5. The summed E-state index contributed by atoms with van der Waals surface area (Å²) in [6, 6.07) is 2.13. The van der Waals surface area contributed by atoms with E-state index in [1.54, 1.807) is 0 Å². The zero-order chi connectivity index (χ0) is 11.9. The largest absolute Gasteiger partial charge is 0.330 e. The predicted octanol–water partition coefficient (Wildman–Crippen LogP) is 1.86. The summed E-state index contributed by atoms with van der Waals surface area (Å²) in [5.41, 5.74) is 11.4. The second-order valence-electron chi connectivity index (χ2n) is 4.50. The molecule has 1 aromatic carbocycles. The van der Waals surface area contributed by atoms with E-state index in [1.807, 2.05) is 6.92 Å². The van der Waals surface area contributed by atoms with E-state index in [2.05, 4.69) is 25.2 Å². The van der Waals surface area contributed by atoms with E-state index < -0.39 is 0 Å². The lowest BCUT2D eigenvalue weighted by atomic mass is 9.92. The molecule has 0 fully saturated rings. The smallest absolute Gasteiger partial charge is 0.231 e. The van der Waals surface area contributed by atoms with Gasteiger partial charge < -0.3 is 11.1 Å². The van der Waals surface area contributed by atoms with Crippen molar-refractivity contribution in [3.8, 4) is 0 Å². The fourth-order valence-corrected chi connectivity index (χ4v) is 2.31. The number of benzene rings is 1. The number of amides is 1. The van der Waals surface area contributed by atoms with E-state index in [-0.39, 0.29) is 11.8 Å². The van der Waals surface area contributed by atoms with E-state index in [0.717, 1.165) is 17.7 Å². The average Bonchev–Trinajstić information content (AvgIpc) is 2.53. The van der Waals surface area contributed by atoms with Gasteiger partial charge in [-0.05, 0) is 56.0 Å². The van der Waals surface area contributed by atoms with Gasteiger partial charge in [-0.1, -0.05) is 6.07 Å². The van der Waals surface area contributed by atoms with Crippen LogP contribution < -0.4 is 11.1 Å². The van der Waals surface area contributed by atoms with Crippen LogP contribution in [0, 0.1) is 13.8 Å². The topological polar surface area (TPSA) is 55.1 Å². The van der Waals surface area contributed by atoms with E-state index in [9.17, 15) is 4.79 Å². The molecule has 3 nitrogen and oxygen atoms in total. The van der Waals surface area contributed by atoms with Crippen molar-refractivity contribution in [3.05, 3.63) is 28.3 Å². The lowest BCUT2D eigenvalue weighted by Crippen LogP contribution is -2.08. The maximum absolute atomic E-state index is 11.6. The molecule has 0 saturated heterocycles. The Balaban J connectivity index is 2.57. The highest BCUT2D eigenvalue weighted by Crippen LogP contribution is 2.37. The van der Waals surface area contributed by atoms with Crippen LogP contribution in [0.1, 0.15) is 35.1 Å². The lowest BCUT2D eigenvalue weighted by molar-refractivity contribution is -0.116. The van der Waals surface area contributed by atoms with Crippen LogP contribution in [0.4, 0.5) is 5.69 Å². The molecule has 3 heteroatoms. The molecule has 16 heavy (non-hydrogen) atoms. The van der Waals surface area contributed by atoms with Gasteiger partial charge in [-0.3, -0.25) is 4.79 Å². The molecule has 0 radical (unpaired) electrons. The van der Waals surface area contributed by atoms with Crippen molar-refractivity contribution >= 4 is 11.6 Å². The fraction of sp³-hybridized carbons (Fsp3) is 0.462. The number of hydrogen-bond donors (Lipinski definition) is 2. The Kier molecular flexibility index (Phi) is 2.72. The van der Waals surface area contributed by atoms with Crippen LogP contribution >= 0.6 is 0 Å². The molecule has 86 valence electrons. The van der Waals surface area contributed by atoms with Gasteiger partial charge in [-0.2, -0.15) is 0 Å². The van der Waals surface area contributed by atoms with Crippen LogP contribution in [0.5, 0.6) is 0 Å². The van der Waals surface area contributed by atoms with Gasteiger partial charge >= 0.3 is 0 Å². The summed E-state index contributed by atoms with van der Waals surface area (Å²) in [5.74, 6) is 0.0632. The Morgan fingerprint density at radius 3 is 2.69 bits per heavy atom. The summed E-state index contributed by atoms with van der Waals surface area (Å²) in [4.78, 5) is 11.6. The van der Waals surface area contributed by atoms with Crippen LogP contribution in [0.25, 0.3) is 0 Å². The third-order valence-electron chi connectivity index (χ3n) is 3.56. The highest BCUT2D eigenvalue weighted by atomic mass is 16.2. The quantitative estimate of drug-likeness (QED) is 0.796. The molecular formula is C13H18N2O. The molecular weight excluding hydrogens is 200 g/mol. The third-order valence-corrected chi connectivity index (χ3v) is 3.56. The summed E-state index contributed by atoms with van der Waals surface area (Å²) in [6.45, 7) is 6.75. The van der Waals surface area contributed by atoms with E-state index in [0.29, 0.717) is 6.54 Å². The Labute approximate surface area is 96.0 Å². The van der Waals surface area contributed by atoms with Gasteiger partial charge in [0.15, 0.2) is 0 Å². The number of hydrogen-bond acceptors (Lipinski definition) is 2. The summed E-state index contributed by atoms with van der Waals surface area (Å²) in [7, 11) is 0. The number of rotatable bonds is 2. The van der Waals surface area contributed by atoms with Crippen molar-refractivity contribution in [3.63, 3.8) is 0 Å². The molecule has 1 aromatic rings. The fourth-order valence-electron chi connectivity index (χ4n) is 2.31. The van der Waals surface area contributed by atoms with E-state index in [1.165, 1.54) is 16.7 Å². The molecule has 2 rings (SSSR count). The highest BCUT2D eigenvalue weighted by molar-refractivity contribution is 6.03. The van der Waals surface area contributed by atoms with Gasteiger partial charge in [0, 0.05) is 5.69 Å². The molecule has 0 saturated carbocycles. The third kappa shape index (κ3) is 1.52. The van der Waals surface area contributed by atoms with Gasteiger partial charge in [-0.15, -0.1) is 0 Å². The molecule has 1 unspecified atom stereocenters. The Morgan fingerprint density at radius 1 is 1.38 bits per heavy atom. The first-order valence-electron chi connectivity index (χ1n) is 5.70. The molecule has 0 spiro atoms. The highest BCUT2D eigenvalue weighted by Gasteiger charge is 2.29. The van der Waals surface area contributed by atoms with Crippen LogP contribution in [0.3, 0.4) is 0 Å². The molecule has 0 aliphatic carbocycles. The summed E-state index contributed by atoms with van der Waals surface area (Å²) < 4.78 is 0. The van der Waals surface area contributed by atoms with Crippen molar-refractivity contribution < 1.29 is 4.79 Å². The molecule has 3 N–H and O–H groups in total. The predicted molar refractivity (Wildman–Crippen MR) is 65.7 cm³/mol. The van der Waals surface area contributed by atoms with Crippen molar-refractivity contribution in [2.24, 2.45) is 5.73 Å². The SMILES string of the molecule is Cc1c(CCN)cc2c(c1C)NC(=O)C2C. The van der Waals surface area contributed by atoms with Gasteiger partial charge in [-0.25, -0.2) is 0 Å². The second-order valence-corrected chi connectivity index (χ2v) is 4.50. The number of nitrogens with one attached hydrogen (secondary N) is 1. The zero-order valence-corrected chi connectivity index (χ0v) is 10.1. The van der Waals surface area contributed by atoms with Crippen molar-refractivity contribution in [1.29, 1.82) is 0 Å². The molecule has 1 aliphatic rings. The molecule has 1 aliphatic heterocycles. The first-order valence-corrected chi connectivity index (χ1v) is 5.70. The number of carbonyl (C=O) groups is 1. The minimum atomic E-state index is -0.0363. The maximum Gasteiger partial charge on any atom is 0.231 e. The second kappa shape index (κ2) is 3.91. The summed E-state index contributed by atoms with van der Waals surface area (Å²) in [6.07, 6.45) is 0.876. The number of carbonyl (C=O) groups excluding carboxylic acids is 1. The standard InChI is InChI=1S/C13H18N2O/c1-7-8(2)12-11(6-10(7)4-5-14)9(3)13(16)15-12/h6,9H,4-5,14H2,1-3H3,(H,15,16). The van der Waals surface area contributed by atoms with Crippen molar-refractivity contribution in [2.75, 3.05) is 11.9 Å². The lowest BCUT2D eigenvalue weighted by Gasteiger charge is -2.13. The average molecular weight is 218 g/mol. The summed E-state index contributed by atoms with van der Waals surface area (Å²) >= 11 is 0. The summed E-state index contributed by atoms with van der Waals surface area (Å²) in [5, 5.41) is 2.96. The maximum atomic E-state index is 11.6. The molecule has 0 bridgehead atoms. The molecule has 0 aromatic heterocycles. The van der Waals surface area contributed by atoms with Crippen molar-refractivity contribution in [2.45, 2.75) is 33.1 Å². The van der Waals surface area contributed by atoms with Crippen LogP contribution in [0.15, 0.2) is 6.07 Å². The van der Waals surface area contributed by atoms with E-state index in [4.69, 9.17) is 5.73 Å². The minimum absolute atomic E-state index is 0.0363. The zero-order valence-electron chi connectivity index (χ0n) is 10.1. The number of nitrogens with two attached hydrogens (primary N) is 1. The molecule has 1 amide bonds. The first-order chi connectivity index (χ1) is 7.56. The van der Waals surface area contributed by atoms with Crippen molar-refractivity contribution in [1.82, 2.24) is 0 Å². The van der Waals surface area contributed by atoms with Crippen LogP contribution in [-0.4, -0.2) is 12.5 Å². The Bertz CT molecular complexity index is 452. The number of anilines is 1. The minimum Gasteiger partial charge on any atom is -0.330 e. The Morgan fingerprint density at radius 2 is 2.06 bits per heavy atom. The van der Waals surface area contributed by atoms with Crippen LogP contribution in [0.2, 0.25) is 0 Å². The van der Waals surface area contributed by atoms with Gasteiger partial charge in [0.2, 0.25) is 5.91 Å². The van der Waals surface area contributed by atoms with Gasteiger partial charge in [0.05, 0.1) is 5.92 Å². The van der Waals surface area contributed by atoms with Gasteiger partial charge in [0.1, 0.15) is 0 Å². The first kappa shape index (κ1) is 11.1. The molecule has 1 atom stereocenters.